The minimum atomic E-state index is -0.0659. The Morgan fingerprint density at radius 2 is 2.00 bits per heavy atom. The van der Waals surface area contributed by atoms with Crippen molar-refractivity contribution in [2.45, 2.75) is 13.0 Å². The van der Waals surface area contributed by atoms with Crippen LogP contribution in [0.2, 0.25) is 0 Å². The van der Waals surface area contributed by atoms with E-state index in [1.165, 1.54) is 0 Å². The maximum Gasteiger partial charge on any atom is 0.243 e. The SMILES string of the molecule is CC1CN(CC(=O)Nc2cccc3ccccc23)c2cc(N)ccc2O1. The van der Waals surface area contributed by atoms with Crippen molar-refractivity contribution in [3.63, 3.8) is 0 Å². The molecule has 0 saturated heterocycles. The molecule has 0 spiro atoms. The zero-order valence-corrected chi connectivity index (χ0v) is 14.6. The van der Waals surface area contributed by atoms with E-state index in [1.54, 1.807) is 0 Å². The van der Waals surface area contributed by atoms with Gasteiger partial charge >= 0.3 is 0 Å². The molecule has 0 radical (unpaired) electrons. The molecule has 1 heterocycles. The molecule has 1 atom stereocenters. The fourth-order valence-electron chi connectivity index (χ4n) is 3.39. The molecule has 5 heteroatoms. The molecule has 1 aliphatic rings. The van der Waals surface area contributed by atoms with E-state index in [9.17, 15) is 4.79 Å². The normalized spacial score (nSPS) is 16.0. The van der Waals surface area contributed by atoms with Gasteiger partial charge in [0, 0.05) is 16.8 Å². The first-order valence-electron chi connectivity index (χ1n) is 8.69. The number of carbonyl (C=O) groups is 1. The standard InChI is InChI=1S/C21H21N3O2/c1-14-12-24(19-11-16(22)9-10-20(19)26-14)13-21(25)23-18-8-4-6-15-5-2-3-7-17(15)18/h2-11,14H,12-13,22H2,1H3,(H,23,25). The van der Waals surface area contributed by atoms with Crippen LogP contribution in [0.5, 0.6) is 5.75 Å². The Bertz CT molecular complexity index is 965. The van der Waals surface area contributed by atoms with Crippen LogP contribution in [-0.4, -0.2) is 25.1 Å². The number of carbonyl (C=O) groups excluding carboxylic acids is 1. The van der Waals surface area contributed by atoms with Crippen LogP contribution in [0.15, 0.2) is 60.7 Å². The Kier molecular flexibility index (Phi) is 4.13. The number of hydrogen-bond donors (Lipinski definition) is 2. The first-order valence-corrected chi connectivity index (χ1v) is 8.69. The molecule has 26 heavy (non-hydrogen) atoms. The van der Waals surface area contributed by atoms with Gasteiger partial charge in [-0.15, -0.1) is 0 Å². The molecule has 3 aromatic rings. The number of benzene rings is 3. The lowest BCUT2D eigenvalue weighted by Gasteiger charge is -2.34. The zero-order valence-electron chi connectivity index (χ0n) is 14.6. The average molecular weight is 347 g/mol. The van der Waals surface area contributed by atoms with Crippen LogP contribution in [0.4, 0.5) is 17.1 Å². The van der Waals surface area contributed by atoms with Crippen LogP contribution in [0, 0.1) is 0 Å². The number of nitrogens with zero attached hydrogens (tertiary/aromatic N) is 1. The van der Waals surface area contributed by atoms with Crippen LogP contribution in [-0.2, 0) is 4.79 Å². The van der Waals surface area contributed by atoms with Crippen molar-refractivity contribution in [2.75, 3.05) is 29.0 Å². The van der Waals surface area contributed by atoms with Gasteiger partial charge < -0.3 is 20.7 Å². The Morgan fingerprint density at radius 3 is 2.88 bits per heavy atom. The smallest absolute Gasteiger partial charge is 0.243 e. The number of hydrogen-bond acceptors (Lipinski definition) is 4. The number of anilines is 3. The Labute approximate surface area is 152 Å². The summed E-state index contributed by atoms with van der Waals surface area (Å²) in [5, 5.41) is 5.17. The highest BCUT2D eigenvalue weighted by atomic mass is 16.5. The van der Waals surface area contributed by atoms with E-state index in [0.717, 1.165) is 27.9 Å². The first-order chi connectivity index (χ1) is 12.6. The van der Waals surface area contributed by atoms with Gasteiger partial charge in [-0.25, -0.2) is 0 Å². The fraction of sp³-hybridized carbons (Fsp3) is 0.190. The number of fused-ring (bicyclic) bond motifs is 2. The molecular weight excluding hydrogens is 326 g/mol. The summed E-state index contributed by atoms with van der Waals surface area (Å²) >= 11 is 0. The monoisotopic (exact) mass is 347 g/mol. The molecule has 1 aliphatic heterocycles. The quantitative estimate of drug-likeness (QED) is 0.710. The summed E-state index contributed by atoms with van der Waals surface area (Å²) < 4.78 is 5.85. The molecule has 0 saturated carbocycles. The number of rotatable bonds is 3. The zero-order chi connectivity index (χ0) is 18.1. The van der Waals surface area contributed by atoms with E-state index in [-0.39, 0.29) is 18.6 Å². The lowest BCUT2D eigenvalue weighted by molar-refractivity contribution is -0.115. The second-order valence-electron chi connectivity index (χ2n) is 6.61. The predicted octanol–water partition coefficient (Wildman–Crippen LogP) is 3.65. The van der Waals surface area contributed by atoms with Crippen molar-refractivity contribution < 1.29 is 9.53 Å². The number of ether oxygens (including phenoxy) is 1. The minimum Gasteiger partial charge on any atom is -0.487 e. The van der Waals surface area contributed by atoms with Crippen molar-refractivity contribution in [1.82, 2.24) is 0 Å². The molecule has 4 rings (SSSR count). The maximum atomic E-state index is 12.7. The molecule has 5 nitrogen and oxygen atoms in total. The summed E-state index contributed by atoms with van der Waals surface area (Å²) in [4.78, 5) is 14.7. The van der Waals surface area contributed by atoms with Crippen LogP contribution >= 0.6 is 0 Å². The van der Waals surface area contributed by atoms with Gasteiger partial charge in [0.2, 0.25) is 5.91 Å². The van der Waals surface area contributed by atoms with Crippen LogP contribution < -0.4 is 20.7 Å². The van der Waals surface area contributed by atoms with Gasteiger partial charge in [0.15, 0.2) is 0 Å². The van der Waals surface area contributed by atoms with Crippen molar-refractivity contribution in [3.05, 3.63) is 60.7 Å². The molecule has 1 amide bonds. The summed E-state index contributed by atoms with van der Waals surface area (Å²) in [6.45, 7) is 2.88. The van der Waals surface area contributed by atoms with Crippen LogP contribution in [0.3, 0.4) is 0 Å². The Morgan fingerprint density at radius 1 is 1.19 bits per heavy atom. The second-order valence-corrected chi connectivity index (χ2v) is 6.61. The summed E-state index contributed by atoms with van der Waals surface area (Å²) in [6, 6.07) is 19.4. The third kappa shape index (κ3) is 3.16. The van der Waals surface area contributed by atoms with Crippen molar-refractivity contribution >= 4 is 33.7 Å². The van der Waals surface area contributed by atoms with E-state index >= 15 is 0 Å². The molecule has 3 N–H and O–H groups in total. The molecule has 0 bridgehead atoms. The second kappa shape index (κ2) is 6.59. The minimum absolute atomic E-state index is 0.0106. The molecule has 0 aromatic heterocycles. The van der Waals surface area contributed by atoms with Crippen LogP contribution in [0.25, 0.3) is 10.8 Å². The van der Waals surface area contributed by atoms with E-state index in [4.69, 9.17) is 10.5 Å². The molecular formula is C21H21N3O2. The number of nitrogens with two attached hydrogens (primary N) is 1. The highest BCUT2D eigenvalue weighted by Crippen LogP contribution is 2.35. The van der Waals surface area contributed by atoms with E-state index in [1.807, 2.05) is 72.5 Å². The van der Waals surface area contributed by atoms with Gasteiger partial charge in [-0.2, -0.15) is 0 Å². The van der Waals surface area contributed by atoms with Gasteiger partial charge in [-0.1, -0.05) is 36.4 Å². The van der Waals surface area contributed by atoms with Crippen molar-refractivity contribution in [3.8, 4) is 5.75 Å². The summed E-state index contributed by atoms with van der Waals surface area (Å²) in [6.07, 6.45) is 0.0106. The Balaban J connectivity index is 1.56. The summed E-state index contributed by atoms with van der Waals surface area (Å²) in [5.41, 5.74) is 8.25. The van der Waals surface area contributed by atoms with E-state index in [0.29, 0.717) is 12.2 Å². The molecule has 1 unspecified atom stereocenters. The van der Waals surface area contributed by atoms with Gasteiger partial charge in [0.25, 0.3) is 0 Å². The van der Waals surface area contributed by atoms with E-state index in [2.05, 4.69) is 5.32 Å². The lowest BCUT2D eigenvalue weighted by atomic mass is 10.1. The predicted molar refractivity (Wildman–Crippen MR) is 106 cm³/mol. The van der Waals surface area contributed by atoms with Crippen LogP contribution in [0.1, 0.15) is 6.92 Å². The highest BCUT2D eigenvalue weighted by molar-refractivity contribution is 6.03. The number of amides is 1. The van der Waals surface area contributed by atoms with Crippen molar-refractivity contribution in [2.24, 2.45) is 0 Å². The first kappa shape index (κ1) is 16.3. The molecule has 132 valence electrons. The summed E-state index contributed by atoms with van der Waals surface area (Å²) in [5.74, 6) is 0.694. The van der Waals surface area contributed by atoms with Crippen molar-refractivity contribution in [1.29, 1.82) is 0 Å². The largest absolute Gasteiger partial charge is 0.487 e. The number of nitrogens with one attached hydrogen (secondary N) is 1. The van der Waals surface area contributed by atoms with Gasteiger partial charge in [0.05, 0.1) is 18.8 Å². The molecule has 0 fully saturated rings. The van der Waals surface area contributed by atoms with Gasteiger partial charge in [-0.05, 0) is 36.6 Å². The van der Waals surface area contributed by atoms with Gasteiger partial charge in [-0.3, -0.25) is 4.79 Å². The summed E-state index contributed by atoms with van der Waals surface area (Å²) in [7, 11) is 0. The topological polar surface area (TPSA) is 67.6 Å². The highest BCUT2D eigenvalue weighted by Gasteiger charge is 2.24. The third-order valence-corrected chi connectivity index (χ3v) is 4.53. The lowest BCUT2D eigenvalue weighted by Crippen LogP contribution is -2.42. The average Bonchev–Trinajstić information content (AvgIpc) is 2.62. The Hall–Kier alpha value is -3.21. The molecule has 3 aromatic carbocycles. The third-order valence-electron chi connectivity index (χ3n) is 4.53. The van der Waals surface area contributed by atoms with E-state index < -0.39 is 0 Å². The fourth-order valence-corrected chi connectivity index (χ4v) is 3.39. The maximum absolute atomic E-state index is 12.7. The molecule has 0 aliphatic carbocycles. The number of nitrogen functional groups attached to an aromatic ring is 1. The van der Waals surface area contributed by atoms with Gasteiger partial charge in [0.1, 0.15) is 11.9 Å².